The second kappa shape index (κ2) is 1.26. The Morgan fingerprint density at radius 3 is 2.60 bits per heavy atom. The van der Waals surface area contributed by atoms with Crippen molar-refractivity contribution in [2.45, 2.75) is 19.5 Å². The molecule has 2 rings (SSSR count). The number of carbonyl (C=O) groups excluding carboxylic acids is 1. The first-order chi connectivity index (χ1) is 4.57. The van der Waals surface area contributed by atoms with Gasteiger partial charge in [0.05, 0.1) is 0 Å². The van der Waals surface area contributed by atoms with E-state index in [4.69, 9.17) is 0 Å². The fourth-order valence-electron chi connectivity index (χ4n) is 1.85. The van der Waals surface area contributed by atoms with E-state index in [1.54, 1.807) is 11.9 Å². The van der Waals surface area contributed by atoms with E-state index in [0.29, 0.717) is 0 Å². The summed E-state index contributed by atoms with van der Waals surface area (Å²) in [6.07, 6.45) is 0. The molecule has 0 spiro atoms. The van der Waals surface area contributed by atoms with Crippen LogP contribution in [-0.2, 0) is 4.79 Å². The Balaban J connectivity index is 2.37. The number of rotatable bonds is 0. The minimum Gasteiger partial charge on any atom is -0.319 e. The third-order valence-electron chi connectivity index (χ3n) is 2.62. The summed E-state index contributed by atoms with van der Waals surface area (Å²) in [5.74, 6) is 0.326. The first-order valence-electron chi connectivity index (χ1n) is 3.41. The summed E-state index contributed by atoms with van der Waals surface area (Å²) >= 11 is 0. The van der Waals surface area contributed by atoms with Gasteiger partial charge in [-0.3, -0.25) is 9.79 Å². The zero-order valence-electron chi connectivity index (χ0n) is 6.38. The SMILES string of the molecule is CC1=NC2(C)C1C(=O)N2C. The van der Waals surface area contributed by atoms with Crippen LogP contribution in [0.15, 0.2) is 4.99 Å². The van der Waals surface area contributed by atoms with Crippen LogP contribution < -0.4 is 0 Å². The summed E-state index contributed by atoms with van der Waals surface area (Å²) in [5.41, 5.74) is 0.826. The monoisotopic (exact) mass is 138 g/mol. The van der Waals surface area contributed by atoms with Gasteiger partial charge in [0.25, 0.3) is 0 Å². The van der Waals surface area contributed by atoms with Crippen LogP contribution in [0.4, 0.5) is 0 Å². The summed E-state index contributed by atoms with van der Waals surface area (Å²) in [7, 11) is 1.80. The summed E-state index contributed by atoms with van der Waals surface area (Å²) in [6.45, 7) is 3.91. The van der Waals surface area contributed by atoms with Crippen LogP contribution in [0.3, 0.4) is 0 Å². The van der Waals surface area contributed by atoms with Gasteiger partial charge in [-0.25, -0.2) is 0 Å². The maximum Gasteiger partial charge on any atom is 0.237 e. The molecule has 2 atom stereocenters. The molecule has 1 saturated heterocycles. The zero-order chi connectivity index (χ0) is 7.52. The van der Waals surface area contributed by atoms with Crippen LogP contribution in [0, 0.1) is 5.92 Å². The molecule has 2 aliphatic heterocycles. The zero-order valence-corrected chi connectivity index (χ0v) is 6.38. The van der Waals surface area contributed by atoms with E-state index in [1.165, 1.54) is 0 Å². The first-order valence-corrected chi connectivity index (χ1v) is 3.41. The number of hydrogen-bond acceptors (Lipinski definition) is 2. The molecule has 0 radical (unpaired) electrons. The van der Waals surface area contributed by atoms with Gasteiger partial charge in [-0.1, -0.05) is 0 Å². The van der Waals surface area contributed by atoms with Crippen molar-refractivity contribution in [3.63, 3.8) is 0 Å². The number of hydrogen-bond donors (Lipinski definition) is 0. The van der Waals surface area contributed by atoms with Gasteiger partial charge in [0.15, 0.2) is 0 Å². The average molecular weight is 138 g/mol. The Kier molecular flexibility index (Phi) is 0.743. The van der Waals surface area contributed by atoms with E-state index in [1.807, 2.05) is 13.8 Å². The molecule has 1 amide bonds. The summed E-state index contributed by atoms with van der Waals surface area (Å²) in [4.78, 5) is 17.1. The maximum atomic E-state index is 11.1. The minimum atomic E-state index is -0.166. The van der Waals surface area contributed by atoms with Crippen molar-refractivity contribution in [3.05, 3.63) is 0 Å². The van der Waals surface area contributed by atoms with E-state index >= 15 is 0 Å². The molecule has 3 heteroatoms. The number of carbonyl (C=O) groups is 1. The lowest BCUT2D eigenvalue weighted by Crippen LogP contribution is -2.74. The quantitative estimate of drug-likeness (QED) is 0.442. The molecule has 0 aromatic carbocycles. The molecule has 2 heterocycles. The number of nitrogens with zero attached hydrogens (tertiary/aromatic N) is 2. The number of β-lactam (4-membered cyclic amide) rings is 1. The molecule has 0 aromatic heterocycles. The molecule has 0 aliphatic carbocycles. The Morgan fingerprint density at radius 1 is 1.70 bits per heavy atom. The molecule has 1 fully saturated rings. The van der Waals surface area contributed by atoms with Crippen LogP contribution in [0.5, 0.6) is 0 Å². The van der Waals surface area contributed by atoms with Crippen molar-refractivity contribution >= 4 is 11.6 Å². The second-order valence-electron chi connectivity index (χ2n) is 3.18. The third kappa shape index (κ3) is 0.340. The highest BCUT2D eigenvalue weighted by molar-refractivity contribution is 6.13. The molecule has 0 bridgehead atoms. The highest BCUT2D eigenvalue weighted by Gasteiger charge is 2.62. The van der Waals surface area contributed by atoms with Gasteiger partial charge in [-0.05, 0) is 13.8 Å². The van der Waals surface area contributed by atoms with E-state index in [9.17, 15) is 4.79 Å². The van der Waals surface area contributed by atoms with Gasteiger partial charge < -0.3 is 4.90 Å². The highest BCUT2D eigenvalue weighted by Crippen LogP contribution is 2.45. The van der Waals surface area contributed by atoms with Crippen molar-refractivity contribution < 1.29 is 4.79 Å². The van der Waals surface area contributed by atoms with E-state index in [0.717, 1.165) is 5.71 Å². The van der Waals surface area contributed by atoms with E-state index < -0.39 is 0 Å². The van der Waals surface area contributed by atoms with Crippen molar-refractivity contribution in [2.24, 2.45) is 10.9 Å². The Labute approximate surface area is 59.7 Å². The fraction of sp³-hybridized carbons (Fsp3) is 0.714. The predicted octanol–water partition coefficient (Wildman–Crippen LogP) is 0.265. The normalized spacial score (nSPS) is 43.5. The standard InChI is InChI=1S/C7H10N2O/c1-4-5-6(10)9(3)7(5,2)8-4/h5H,1-3H3. The molecule has 2 unspecified atom stereocenters. The molecule has 54 valence electrons. The Bertz CT molecular complexity index is 246. The average Bonchev–Trinajstić information content (AvgIpc) is 1.85. The molecular formula is C7H10N2O. The van der Waals surface area contributed by atoms with Crippen molar-refractivity contribution in [3.8, 4) is 0 Å². The number of amides is 1. The van der Waals surface area contributed by atoms with E-state index in [-0.39, 0.29) is 17.5 Å². The second-order valence-corrected chi connectivity index (χ2v) is 3.18. The van der Waals surface area contributed by atoms with Crippen molar-refractivity contribution in [1.29, 1.82) is 0 Å². The number of aliphatic imine (C=N–C) groups is 1. The van der Waals surface area contributed by atoms with Crippen LogP contribution in [0.1, 0.15) is 13.8 Å². The fourth-order valence-corrected chi connectivity index (χ4v) is 1.85. The number of fused-ring (bicyclic) bond motifs is 1. The van der Waals surface area contributed by atoms with Crippen molar-refractivity contribution in [2.75, 3.05) is 7.05 Å². The van der Waals surface area contributed by atoms with Gasteiger partial charge in [0.1, 0.15) is 11.6 Å². The first kappa shape index (κ1) is 5.89. The molecule has 0 aromatic rings. The third-order valence-corrected chi connectivity index (χ3v) is 2.62. The molecule has 10 heavy (non-hydrogen) atoms. The maximum absolute atomic E-state index is 11.1. The Hall–Kier alpha value is -0.860. The van der Waals surface area contributed by atoms with Crippen LogP contribution in [-0.4, -0.2) is 29.2 Å². The van der Waals surface area contributed by atoms with Crippen LogP contribution >= 0.6 is 0 Å². The van der Waals surface area contributed by atoms with Gasteiger partial charge in [-0.2, -0.15) is 0 Å². The lowest BCUT2D eigenvalue weighted by atomic mass is 9.74. The Morgan fingerprint density at radius 2 is 2.30 bits per heavy atom. The predicted molar refractivity (Wildman–Crippen MR) is 37.8 cm³/mol. The van der Waals surface area contributed by atoms with Gasteiger partial charge in [-0.15, -0.1) is 0 Å². The van der Waals surface area contributed by atoms with Crippen LogP contribution in [0.2, 0.25) is 0 Å². The minimum absolute atomic E-state index is 0.109. The van der Waals surface area contributed by atoms with E-state index in [2.05, 4.69) is 4.99 Å². The highest BCUT2D eigenvalue weighted by atomic mass is 16.2. The molecule has 3 nitrogen and oxygen atoms in total. The summed E-state index contributed by atoms with van der Waals surface area (Å²) in [6, 6.07) is 0. The topological polar surface area (TPSA) is 32.7 Å². The lowest BCUT2D eigenvalue weighted by Gasteiger charge is -2.57. The molecule has 0 N–H and O–H groups in total. The number of likely N-dealkylation sites (tertiary alicyclic amines) is 1. The summed E-state index contributed by atoms with van der Waals surface area (Å²) < 4.78 is 0. The van der Waals surface area contributed by atoms with Gasteiger partial charge >= 0.3 is 0 Å². The molecule has 0 saturated carbocycles. The van der Waals surface area contributed by atoms with Crippen molar-refractivity contribution in [1.82, 2.24) is 4.90 Å². The van der Waals surface area contributed by atoms with Gasteiger partial charge in [0.2, 0.25) is 5.91 Å². The lowest BCUT2D eigenvalue weighted by molar-refractivity contribution is -0.161. The summed E-state index contributed by atoms with van der Waals surface area (Å²) in [5, 5.41) is 0. The van der Waals surface area contributed by atoms with Crippen LogP contribution in [0.25, 0.3) is 0 Å². The largest absolute Gasteiger partial charge is 0.319 e. The molecule has 2 aliphatic rings. The molecular weight excluding hydrogens is 128 g/mol. The smallest absolute Gasteiger partial charge is 0.237 e. The van der Waals surface area contributed by atoms with Gasteiger partial charge in [0, 0.05) is 12.8 Å².